The average molecular weight is 430 g/mol. The van der Waals surface area contributed by atoms with Crippen molar-refractivity contribution >= 4 is 32.4 Å². The first-order valence-electron chi connectivity index (χ1n) is 9.20. The van der Waals surface area contributed by atoms with Gasteiger partial charge in [0.15, 0.2) is 5.13 Å². The summed E-state index contributed by atoms with van der Waals surface area (Å²) in [5.74, 6) is -0.281. The van der Waals surface area contributed by atoms with Crippen molar-refractivity contribution in [2.45, 2.75) is 31.6 Å². The van der Waals surface area contributed by atoms with E-state index in [-0.39, 0.29) is 23.8 Å². The van der Waals surface area contributed by atoms with Gasteiger partial charge in [0.25, 0.3) is 0 Å². The number of rotatable bonds is 8. The maximum Gasteiger partial charge on any atom is 0.240 e. The average Bonchev–Trinajstić information content (AvgIpc) is 3.03. The maximum absolute atomic E-state index is 12.2. The molecule has 1 aromatic heterocycles. The molecule has 152 valence electrons. The quantitative estimate of drug-likeness (QED) is 0.572. The van der Waals surface area contributed by atoms with Crippen LogP contribution >= 0.6 is 11.3 Å². The van der Waals surface area contributed by atoms with Crippen LogP contribution in [0, 0.1) is 13.8 Å². The molecular weight excluding hydrogens is 406 g/mol. The van der Waals surface area contributed by atoms with E-state index >= 15 is 0 Å². The summed E-state index contributed by atoms with van der Waals surface area (Å²) in [4.78, 5) is 17.9. The van der Waals surface area contributed by atoms with Gasteiger partial charge in [0.1, 0.15) is 0 Å². The van der Waals surface area contributed by atoms with Crippen molar-refractivity contribution in [3.63, 3.8) is 0 Å². The lowest BCUT2D eigenvalue weighted by Crippen LogP contribution is -2.27. The van der Waals surface area contributed by atoms with Crippen LogP contribution in [0.5, 0.6) is 0 Å². The number of carbonyl (C=O) groups excluding carboxylic acids is 1. The zero-order chi connectivity index (χ0) is 20.9. The summed E-state index contributed by atoms with van der Waals surface area (Å²) >= 11 is 1.44. The van der Waals surface area contributed by atoms with Crippen LogP contribution in [0.1, 0.15) is 28.1 Å². The Balaban J connectivity index is 1.52. The number of anilines is 1. The molecule has 3 rings (SSSR count). The molecule has 0 aliphatic carbocycles. The predicted octanol–water partition coefficient (Wildman–Crippen LogP) is 3.66. The van der Waals surface area contributed by atoms with E-state index < -0.39 is 10.0 Å². The lowest BCUT2D eigenvalue weighted by atomic mass is 10.1. The number of benzene rings is 2. The van der Waals surface area contributed by atoms with Crippen LogP contribution in [0.4, 0.5) is 5.13 Å². The Bertz CT molecular complexity index is 1080. The number of thiazole rings is 1. The van der Waals surface area contributed by atoms with E-state index in [4.69, 9.17) is 0 Å². The number of aryl methyl sites for hydroxylation is 2. The molecule has 0 saturated heterocycles. The van der Waals surface area contributed by atoms with Crippen LogP contribution in [0.3, 0.4) is 0 Å². The van der Waals surface area contributed by atoms with Gasteiger partial charge in [0.05, 0.1) is 10.6 Å². The molecule has 3 aromatic rings. The normalized spacial score (nSPS) is 11.4. The summed E-state index contributed by atoms with van der Waals surface area (Å²) < 4.78 is 26.8. The smallest absolute Gasteiger partial charge is 0.240 e. The highest BCUT2D eigenvalue weighted by Gasteiger charge is 2.15. The van der Waals surface area contributed by atoms with Gasteiger partial charge in [0.2, 0.25) is 15.9 Å². The largest absolute Gasteiger partial charge is 0.302 e. The molecule has 0 fully saturated rings. The summed E-state index contributed by atoms with van der Waals surface area (Å²) in [6, 6.07) is 16.4. The molecule has 0 atom stereocenters. The third-order valence-electron chi connectivity index (χ3n) is 4.32. The molecule has 2 aromatic carbocycles. The first-order chi connectivity index (χ1) is 13.8. The number of hydrogen-bond acceptors (Lipinski definition) is 5. The zero-order valence-corrected chi connectivity index (χ0v) is 17.9. The van der Waals surface area contributed by atoms with E-state index in [0.717, 1.165) is 17.0 Å². The second kappa shape index (κ2) is 9.30. The van der Waals surface area contributed by atoms with Gasteiger partial charge in [-0.15, -0.1) is 11.3 Å². The molecule has 0 spiro atoms. The molecule has 29 heavy (non-hydrogen) atoms. The van der Waals surface area contributed by atoms with E-state index in [1.165, 1.54) is 34.6 Å². The number of amides is 1. The van der Waals surface area contributed by atoms with Crippen LogP contribution in [-0.2, 0) is 21.2 Å². The monoisotopic (exact) mass is 429 g/mol. The number of aromatic nitrogens is 1. The highest BCUT2D eigenvalue weighted by Crippen LogP contribution is 2.25. The summed E-state index contributed by atoms with van der Waals surface area (Å²) in [7, 11) is -3.61. The number of nitrogens with one attached hydrogen (secondary N) is 2. The van der Waals surface area contributed by atoms with Crippen LogP contribution < -0.4 is 10.0 Å². The number of nitrogens with zero attached hydrogens (tertiary/aromatic N) is 1. The van der Waals surface area contributed by atoms with E-state index in [1.54, 1.807) is 18.2 Å². The summed E-state index contributed by atoms with van der Waals surface area (Å²) in [5, 5.41) is 3.29. The van der Waals surface area contributed by atoms with E-state index in [1.807, 2.05) is 6.92 Å². The molecule has 0 radical (unpaired) electrons. The molecule has 0 aliphatic heterocycles. The molecular formula is C21H23N3O3S2. The Morgan fingerprint density at radius 1 is 1.03 bits per heavy atom. The number of sulfonamides is 1. The lowest BCUT2D eigenvalue weighted by Gasteiger charge is -2.06. The molecule has 0 unspecified atom stereocenters. The molecule has 1 heterocycles. The predicted molar refractivity (Wildman–Crippen MR) is 116 cm³/mol. The minimum atomic E-state index is -3.61. The molecule has 2 N–H and O–H groups in total. The second-order valence-electron chi connectivity index (χ2n) is 6.70. The van der Waals surface area contributed by atoms with Gasteiger partial charge in [-0.3, -0.25) is 4.79 Å². The van der Waals surface area contributed by atoms with Gasteiger partial charge >= 0.3 is 0 Å². The minimum Gasteiger partial charge on any atom is -0.302 e. The molecule has 6 nitrogen and oxygen atoms in total. The van der Waals surface area contributed by atoms with Gasteiger partial charge in [-0.25, -0.2) is 18.1 Å². The van der Waals surface area contributed by atoms with Crippen LogP contribution in [0.2, 0.25) is 0 Å². The summed E-state index contributed by atoms with van der Waals surface area (Å²) in [5.41, 5.74) is 3.29. The fourth-order valence-electron chi connectivity index (χ4n) is 2.70. The third-order valence-corrected chi connectivity index (χ3v) is 6.87. The Hall–Kier alpha value is -2.55. The van der Waals surface area contributed by atoms with Gasteiger partial charge in [-0.1, -0.05) is 48.0 Å². The van der Waals surface area contributed by atoms with Crippen molar-refractivity contribution < 1.29 is 13.2 Å². The third kappa shape index (κ3) is 5.96. The number of hydrogen-bond donors (Lipinski definition) is 2. The fourth-order valence-corrected chi connectivity index (χ4v) is 4.77. The molecule has 0 saturated carbocycles. The summed E-state index contributed by atoms with van der Waals surface area (Å²) in [6.45, 7) is 3.99. The van der Waals surface area contributed by atoms with Gasteiger partial charge in [0, 0.05) is 24.3 Å². The fraction of sp³-hybridized carbons (Fsp3) is 0.238. The van der Waals surface area contributed by atoms with Gasteiger partial charge in [-0.05, 0) is 31.5 Å². The van der Waals surface area contributed by atoms with Gasteiger partial charge in [-0.2, -0.15) is 0 Å². The van der Waals surface area contributed by atoms with Gasteiger partial charge < -0.3 is 5.32 Å². The van der Waals surface area contributed by atoms with Crippen molar-refractivity contribution in [3.05, 3.63) is 76.3 Å². The Morgan fingerprint density at radius 3 is 2.41 bits per heavy atom. The molecule has 1 amide bonds. The molecule has 8 heteroatoms. The zero-order valence-electron chi connectivity index (χ0n) is 16.3. The second-order valence-corrected chi connectivity index (χ2v) is 9.55. The molecule has 0 bridgehead atoms. The number of carbonyl (C=O) groups is 1. The SMILES string of the molecule is Cc1ccc(Cc2sc(NC(=O)CCNS(=O)(=O)c3ccccc3)nc2C)cc1. The van der Waals surface area contributed by atoms with E-state index in [0.29, 0.717) is 5.13 Å². The van der Waals surface area contributed by atoms with Crippen molar-refractivity contribution in [1.29, 1.82) is 0 Å². The lowest BCUT2D eigenvalue weighted by molar-refractivity contribution is -0.116. The Morgan fingerprint density at radius 2 is 1.72 bits per heavy atom. The van der Waals surface area contributed by atoms with Crippen LogP contribution in [0.25, 0.3) is 0 Å². The first-order valence-corrected chi connectivity index (χ1v) is 11.5. The van der Waals surface area contributed by atoms with Crippen LogP contribution in [-0.4, -0.2) is 25.9 Å². The van der Waals surface area contributed by atoms with Crippen molar-refractivity contribution in [2.24, 2.45) is 0 Å². The van der Waals surface area contributed by atoms with Crippen molar-refractivity contribution in [3.8, 4) is 0 Å². The highest BCUT2D eigenvalue weighted by atomic mass is 32.2. The van der Waals surface area contributed by atoms with Crippen molar-refractivity contribution in [2.75, 3.05) is 11.9 Å². The highest BCUT2D eigenvalue weighted by molar-refractivity contribution is 7.89. The maximum atomic E-state index is 12.2. The Kier molecular flexibility index (Phi) is 6.79. The molecule has 0 aliphatic rings. The van der Waals surface area contributed by atoms with Crippen molar-refractivity contribution in [1.82, 2.24) is 9.71 Å². The Labute approximate surface area is 175 Å². The topological polar surface area (TPSA) is 88.2 Å². The van der Waals surface area contributed by atoms with E-state index in [2.05, 4.69) is 46.2 Å². The van der Waals surface area contributed by atoms with Crippen LogP contribution in [0.15, 0.2) is 59.5 Å². The van der Waals surface area contributed by atoms with E-state index in [9.17, 15) is 13.2 Å². The standard InChI is InChI=1S/C21H23N3O3S2/c1-15-8-10-17(11-9-15)14-19-16(2)23-21(28-19)24-20(25)12-13-22-29(26,27)18-6-4-3-5-7-18/h3-11,22H,12-14H2,1-2H3,(H,23,24,25). The minimum absolute atomic E-state index is 0.0175. The first kappa shape index (κ1) is 21.2. The summed E-state index contributed by atoms with van der Waals surface area (Å²) in [6.07, 6.45) is 0.786.